The smallest absolute Gasteiger partial charge is 0.315 e. The van der Waals surface area contributed by atoms with E-state index >= 15 is 0 Å². The van der Waals surface area contributed by atoms with E-state index in [1.807, 2.05) is 50.2 Å². The minimum Gasteiger partial charge on any atom is -0.493 e. The van der Waals surface area contributed by atoms with E-state index < -0.39 is 0 Å². The molecule has 30 heavy (non-hydrogen) atoms. The molecule has 0 radical (unpaired) electrons. The number of nitrogens with zero attached hydrogens (tertiary/aromatic N) is 1. The van der Waals surface area contributed by atoms with Crippen molar-refractivity contribution in [2.45, 2.75) is 32.7 Å². The predicted octanol–water partition coefficient (Wildman–Crippen LogP) is 2.97. The zero-order chi connectivity index (χ0) is 21.7. The number of carbonyl (C=O) groups excluding carboxylic acids is 2. The second-order valence-corrected chi connectivity index (χ2v) is 7.51. The van der Waals surface area contributed by atoms with E-state index in [0.29, 0.717) is 37.4 Å². The molecule has 0 aliphatic carbocycles. The van der Waals surface area contributed by atoms with Gasteiger partial charge in [0.05, 0.1) is 20.3 Å². The molecular weight excluding hydrogens is 382 g/mol. The lowest BCUT2D eigenvalue weighted by Gasteiger charge is -2.18. The highest BCUT2D eigenvalue weighted by atomic mass is 16.5. The first kappa shape index (κ1) is 21.5. The average Bonchev–Trinajstić information content (AvgIpc) is 3.09. The van der Waals surface area contributed by atoms with Crippen molar-refractivity contribution < 1.29 is 19.1 Å². The van der Waals surface area contributed by atoms with Gasteiger partial charge in [0.25, 0.3) is 0 Å². The molecule has 3 amide bonds. The summed E-state index contributed by atoms with van der Waals surface area (Å²) < 4.78 is 10.5. The maximum Gasteiger partial charge on any atom is 0.315 e. The molecule has 1 atom stereocenters. The summed E-state index contributed by atoms with van der Waals surface area (Å²) in [6.07, 6.45) is 0.960. The van der Waals surface area contributed by atoms with Gasteiger partial charge in [-0.3, -0.25) is 4.79 Å². The van der Waals surface area contributed by atoms with Crippen molar-refractivity contribution in [3.8, 4) is 11.5 Å². The number of methoxy groups -OCH3 is 2. The number of urea groups is 1. The third-order valence-electron chi connectivity index (χ3n) is 5.41. The van der Waals surface area contributed by atoms with Crippen LogP contribution in [0.15, 0.2) is 36.4 Å². The Morgan fingerprint density at radius 1 is 1.07 bits per heavy atom. The van der Waals surface area contributed by atoms with Crippen molar-refractivity contribution in [2.75, 3.05) is 32.2 Å². The molecule has 1 aliphatic rings. The fourth-order valence-corrected chi connectivity index (χ4v) is 3.54. The number of carbonyl (C=O) groups is 2. The van der Waals surface area contributed by atoms with Crippen molar-refractivity contribution in [3.63, 3.8) is 0 Å². The number of benzene rings is 2. The standard InChI is InChI=1S/C23H29N3O4/c1-15-5-7-19(11-16(15)2)26-14-18(13-22(26)27)25-23(28)24-10-9-17-6-8-20(29-3)21(12-17)30-4/h5-8,11-12,18H,9-10,13-14H2,1-4H3,(H2,24,25,28)/t18-/m0/s1. The molecule has 1 saturated heterocycles. The van der Waals surface area contributed by atoms with Gasteiger partial charge in [-0.2, -0.15) is 0 Å². The van der Waals surface area contributed by atoms with Gasteiger partial charge in [0, 0.05) is 25.2 Å². The van der Waals surface area contributed by atoms with Crippen LogP contribution in [0.25, 0.3) is 0 Å². The molecule has 1 heterocycles. The maximum absolute atomic E-state index is 12.4. The van der Waals surface area contributed by atoms with E-state index in [1.54, 1.807) is 19.1 Å². The van der Waals surface area contributed by atoms with Gasteiger partial charge >= 0.3 is 6.03 Å². The maximum atomic E-state index is 12.4. The monoisotopic (exact) mass is 411 g/mol. The number of hydrogen-bond acceptors (Lipinski definition) is 4. The van der Waals surface area contributed by atoms with Crippen LogP contribution in [0.4, 0.5) is 10.5 Å². The summed E-state index contributed by atoms with van der Waals surface area (Å²) in [7, 11) is 3.19. The second-order valence-electron chi connectivity index (χ2n) is 7.51. The van der Waals surface area contributed by atoms with Crippen LogP contribution in [0.1, 0.15) is 23.1 Å². The molecule has 0 aromatic heterocycles. The Balaban J connectivity index is 1.48. The Morgan fingerprint density at radius 3 is 2.53 bits per heavy atom. The van der Waals surface area contributed by atoms with E-state index in [1.165, 1.54) is 5.56 Å². The summed E-state index contributed by atoms with van der Waals surface area (Å²) in [5, 5.41) is 5.76. The number of nitrogens with one attached hydrogen (secondary N) is 2. The fourth-order valence-electron chi connectivity index (χ4n) is 3.54. The Morgan fingerprint density at radius 2 is 1.83 bits per heavy atom. The highest BCUT2D eigenvalue weighted by Gasteiger charge is 2.31. The molecule has 0 saturated carbocycles. The lowest BCUT2D eigenvalue weighted by Crippen LogP contribution is -2.43. The predicted molar refractivity (Wildman–Crippen MR) is 116 cm³/mol. The molecule has 0 spiro atoms. The zero-order valence-electron chi connectivity index (χ0n) is 18.0. The van der Waals surface area contributed by atoms with Crippen LogP contribution >= 0.6 is 0 Å². The number of rotatable bonds is 7. The first-order chi connectivity index (χ1) is 14.4. The summed E-state index contributed by atoms with van der Waals surface area (Å²) in [5.41, 5.74) is 4.24. The summed E-state index contributed by atoms with van der Waals surface area (Å²) in [4.78, 5) is 26.4. The Bertz CT molecular complexity index is 929. The van der Waals surface area contributed by atoms with Gasteiger partial charge in [0.1, 0.15) is 0 Å². The zero-order valence-corrected chi connectivity index (χ0v) is 18.0. The van der Waals surface area contributed by atoms with Crippen molar-refractivity contribution in [2.24, 2.45) is 0 Å². The summed E-state index contributed by atoms with van der Waals surface area (Å²) >= 11 is 0. The lowest BCUT2D eigenvalue weighted by atomic mass is 10.1. The molecule has 7 nitrogen and oxygen atoms in total. The molecule has 3 rings (SSSR count). The quantitative estimate of drug-likeness (QED) is 0.734. The number of hydrogen-bond donors (Lipinski definition) is 2. The molecule has 2 aromatic rings. The fraction of sp³-hybridized carbons (Fsp3) is 0.391. The van der Waals surface area contributed by atoms with Crippen LogP contribution in [0, 0.1) is 13.8 Å². The number of anilines is 1. The largest absolute Gasteiger partial charge is 0.493 e. The Kier molecular flexibility index (Phi) is 6.82. The van der Waals surface area contributed by atoms with Gasteiger partial charge in [-0.25, -0.2) is 4.79 Å². The topological polar surface area (TPSA) is 79.9 Å². The molecule has 0 bridgehead atoms. The Hall–Kier alpha value is -3.22. The number of amides is 3. The minimum atomic E-state index is -0.268. The van der Waals surface area contributed by atoms with Gasteiger partial charge in [-0.15, -0.1) is 0 Å². The molecular formula is C23H29N3O4. The third kappa shape index (κ3) is 5.03. The molecule has 1 fully saturated rings. The summed E-state index contributed by atoms with van der Waals surface area (Å²) in [6.45, 7) is 5.02. The molecule has 2 N–H and O–H groups in total. The first-order valence-electron chi connectivity index (χ1n) is 10.0. The molecule has 7 heteroatoms. The second kappa shape index (κ2) is 9.52. The van der Waals surface area contributed by atoms with Gasteiger partial charge < -0.3 is 25.0 Å². The molecule has 2 aromatic carbocycles. The SMILES string of the molecule is COc1ccc(CCNC(=O)N[C@H]2CC(=O)N(c3ccc(C)c(C)c3)C2)cc1OC. The van der Waals surface area contributed by atoms with Crippen LogP contribution in [0.5, 0.6) is 11.5 Å². The van der Waals surface area contributed by atoms with Crippen molar-refractivity contribution in [3.05, 3.63) is 53.1 Å². The van der Waals surface area contributed by atoms with Gasteiger partial charge in [0.15, 0.2) is 11.5 Å². The van der Waals surface area contributed by atoms with E-state index in [4.69, 9.17) is 9.47 Å². The van der Waals surface area contributed by atoms with Crippen LogP contribution in [-0.2, 0) is 11.2 Å². The van der Waals surface area contributed by atoms with Gasteiger partial charge in [-0.1, -0.05) is 12.1 Å². The summed E-state index contributed by atoms with van der Waals surface area (Å²) in [5.74, 6) is 1.36. The molecule has 160 valence electrons. The van der Waals surface area contributed by atoms with Crippen molar-refractivity contribution in [1.29, 1.82) is 0 Å². The average molecular weight is 412 g/mol. The molecule has 1 aliphatic heterocycles. The molecule has 0 unspecified atom stereocenters. The highest BCUT2D eigenvalue weighted by Crippen LogP contribution is 2.27. The van der Waals surface area contributed by atoms with Crippen LogP contribution < -0.4 is 25.0 Å². The number of aryl methyl sites for hydroxylation is 2. The lowest BCUT2D eigenvalue weighted by molar-refractivity contribution is -0.117. The minimum absolute atomic E-state index is 0.0221. The third-order valence-corrected chi connectivity index (χ3v) is 5.41. The first-order valence-corrected chi connectivity index (χ1v) is 10.0. The van der Waals surface area contributed by atoms with E-state index in [0.717, 1.165) is 16.8 Å². The summed E-state index contributed by atoms with van der Waals surface area (Å²) in [6, 6.07) is 11.2. The van der Waals surface area contributed by atoms with E-state index in [-0.39, 0.29) is 18.0 Å². The normalized spacial score (nSPS) is 15.8. The van der Waals surface area contributed by atoms with Crippen LogP contribution in [0.3, 0.4) is 0 Å². The van der Waals surface area contributed by atoms with E-state index in [9.17, 15) is 9.59 Å². The van der Waals surface area contributed by atoms with Gasteiger partial charge in [0.2, 0.25) is 5.91 Å². The van der Waals surface area contributed by atoms with Crippen LogP contribution in [-0.4, -0.2) is 45.3 Å². The van der Waals surface area contributed by atoms with E-state index in [2.05, 4.69) is 10.6 Å². The Labute approximate surface area is 177 Å². The number of ether oxygens (including phenoxy) is 2. The van der Waals surface area contributed by atoms with Crippen molar-refractivity contribution in [1.82, 2.24) is 10.6 Å². The van der Waals surface area contributed by atoms with Gasteiger partial charge in [-0.05, 0) is 61.2 Å². The highest BCUT2D eigenvalue weighted by molar-refractivity contribution is 5.96. The van der Waals surface area contributed by atoms with Crippen LogP contribution in [0.2, 0.25) is 0 Å². The van der Waals surface area contributed by atoms with Crippen molar-refractivity contribution >= 4 is 17.6 Å².